The van der Waals surface area contributed by atoms with E-state index < -0.39 is 0 Å². The number of thiazole rings is 1. The van der Waals surface area contributed by atoms with E-state index in [0.29, 0.717) is 19.6 Å². The van der Waals surface area contributed by atoms with Crippen LogP contribution < -0.4 is 5.32 Å². The number of nitrogens with zero attached hydrogens (tertiary/aromatic N) is 3. The molecule has 1 unspecified atom stereocenters. The summed E-state index contributed by atoms with van der Waals surface area (Å²) in [6, 6.07) is 13.7. The lowest BCUT2D eigenvalue weighted by Crippen LogP contribution is -2.32. The smallest absolute Gasteiger partial charge is 0.225 e. The van der Waals surface area contributed by atoms with E-state index in [4.69, 9.17) is 0 Å². The van der Waals surface area contributed by atoms with Crippen LogP contribution in [0.15, 0.2) is 60.2 Å². The average Bonchev–Trinajstić information content (AvgIpc) is 3.35. The van der Waals surface area contributed by atoms with Crippen LogP contribution >= 0.6 is 11.3 Å². The van der Waals surface area contributed by atoms with Gasteiger partial charge in [-0.15, -0.1) is 11.3 Å². The van der Waals surface area contributed by atoms with Gasteiger partial charge in [0.1, 0.15) is 5.01 Å². The minimum Gasteiger partial charge on any atom is -0.350 e. The van der Waals surface area contributed by atoms with Gasteiger partial charge in [-0.1, -0.05) is 30.3 Å². The van der Waals surface area contributed by atoms with Gasteiger partial charge in [-0.3, -0.25) is 14.6 Å². The number of pyridine rings is 1. The van der Waals surface area contributed by atoms with E-state index >= 15 is 0 Å². The van der Waals surface area contributed by atoms with Crippen molar-refractivity contribution < 1.29 is 9.59 Å². The number of hydrogen-bond acceptors (Lipinski definition) is 5. The number of carbonyl (C=O) groups excluding carboxylic acids is 2. The highest BCUT2D eigenvalue weighted by Crippen LogP contribution is 2.23. The van der Waals surface area contributed by atoms with Crippen molar-refractivity contribution in [1.29, 1.82) is 0 Å². The Morgan fingerprint density at radius 1 is 1.18 bits per heavy atom. The summed E-state index contributed by atoms with van der Waals surface area (Å²) in [6.45, 7) is 1.37. The number of nitrogens with one attached hydrogen (secondary N) is 1. The second-order valence-corrected chi connectivity index (χ2v) is 7.62. The van der Waals surface area contributed by atoms with E-state index in [1.54, 1.807) is 17.3 Å². The first-order valence-corrected chi connectivity index (χ1v) is 10.0. The molecule has 1 fully saturated rings. The monoisotopic (exact) mass is 392 g/mol. The zero-order chi connectivity index (χ0) is 19.3. The zero-order valence-electron chi connectivity index (χ0n) is 15.2. The Kier molecular flexibility index (Phi) is 5.43. The van der Waals surface area contributed by atoms with Gasteiger partial charge < -0.3 is 10.2 Å². The van der Waals surface area contributed by atoms with Crippen LogP contribution in [-0.2, 0) is 22.7 Å². The fourth-order valence-corrected chi connectivity index (χ4v) is 4.07. The molecule has 0 radical (unpaired) electrons. The molecule has 6 nitrogen and oxygen atoms in total. The second kappa shape index (κ2) is 8.31. The number of amides is 2. The molecule has 2 aromatic heterocycles. The summed E-state index contributed by atoms with van der Waals surface area (Å²) in [4.78, 5) is 35.1. The van der Waals surface area contributed by atoms with Crippen LogP contribution in [0.5, 0.6) is 0 Å². The molecule has 0 aliphatic carbocycles. The van der Waals surface area contributed by atoms with Crippen molar-refractivity contribution in [3.8, 4) is 10.6 Å². The zero-order valence-corrected chi connectivity index (χ0v) is 16.1. The van der Waals surface area contributed by atoms with Crippen LogP contribution in [0.3, 0.4) is 0 Å². The van der Waals surface area contributed by atoms with Crippen LogP contribution in [0.4, 0.5) is 0 Å². The molecule has 1 saturated heterocycles. The highest BCUT2D eigenvalue weighted by molar-refractivity contribution is 7.13. The van der Waals surface area contributed by atoms with E-state index in [0.717, 1.165) is 21.8 Å². The predicted molar refractivity (Wildman–Crippen MR) is 107 cm³/mol. The predicted octanol–water partition coefficient (Wildman–Crippen LogP) is 2.87. The molecule has 0 spiro atoms. The Hall–Kier alpha value is -3.06. The van der Waals surface area contributed by atoms with Gasteiger partial charge in [0, 0.05) is 42.8 Å². The van der Waals surface area contributed by atoms with Gasteiger partial charge in [-0.25, -0.2) is 4.98 Å². The Balaban J connectivity index is 1.31. The lowest BCUT2D eigenvalue weighted by molar-refractivity contribution is -0.129. The summed E-state index contributed by atoms with van der Waals surface area (Å²) in [5.41, 5.74) is 2.90. The van der Waals surface area contributed by atoms with Crippen LogP contribution in [0.2, 0.25) is 0 Å². The summed E-state index contributed by atoms with van der Waals surface area (Å²) in [7, 11) is 0. The van der Waals surface area contributed by atoms with Gasteiger partial charge in [0.15, 0.2) is 0 Å². The summed E-state index contributed by atoms with van der Waals surface area (Å²) in [5.74, 6) is -0.380. The lowest BCUT2D eigenvalue weighted by atomic mass is 10.1. The largest absolute Gasteiger partial charge is 0.350 e. The summed E-state index contributed by atoms with van der Waals surface area (Å²) in [6.07, 6.45) is 3.73. The van der Waals surface area contributed by atoms with Crippen LogP contribution in [-0.4, -0.2) is 33.2 Å². The number of likely N-dealkylation sites (tertiary alicyclic amines) is 1. The molecule has 2 amide bonds. The van der Waals surface area contributed by atoms with Crippen molar-refractivity contribution in [1.82, 2.24) is 20.2 Å². The fourth-order valence-electron chi connectivity index (χ4n) is 3.24. The number of hydrogen-bond donors (Lipinski definition) is 1. The molecule has 28 heavy (non-hydrogen) atoms. The van der Waals surface area contributed by atoms with Gasteiger partial charge in [0.05, 0.1) is 18.2 Å². The first-order chi connectivity index (χ1) is 13.7. The maximum absolute atomic E-state index is 12.5. The quantitative estimate of drug-likeness (QED) is 0.700. The Morgan fingerprint density at radius 3 is 2.75 bits per heavy atom. The molecular formula is C21H20N4O2S. The average molecular weight is 392 g/mol. The topological polar surface area (TPSA) is 75.2 Å². The molecule has 1 aliphatic rings. The maximum Gasteiger partial charge on any atom is 0.225 e. The van der Waals surface area contributed by atoms with Crippen molar-refractivity contribution in [2.24, 2.45) is 5.92 Å². The van der Waals surface area contributed by atoms with Gasteiger partial charge in [0.25, 0.3) is 0 Å². The minimum atomic E-state index is -0.311. The third-order valence-electron chi connectivity index (χ3n) is 4.72. The van der Waals surface area contributed by atoms with Gasteiger partial charge in [-0.2, -0.15) is 0 Å². The highest BCUT2D eigenvalue weighted by atomic mass is 32.1. The number of aromatic nitrogens is 2. The molecular weight excluding hydrogens is 372 g/mol. The number of rotatable bonds is 6. The molecule has 0 bridgehead atoms. The molecule has 7 heteroatoms. The second-order valence-electron chi connectivity index (χ2n) is 6.76. The summed E-state index contributed by atoms with van der Waals surface area (Å²) >= 11 is 1.54. The standard InChI is InChI=1S/C21H20N4O2S/c26-19-10-17(13-25(19)12-15-4-2-1-3-5-15)20(27)23-11-18-14-28-21(24-18)16-6-8-22-9-7-16/h1-9,14,17H,10-13H2,(H,23,27). The van der Waals surface area contributed by atoms with Crippen LogP contribution in [0.1, 0.15) is 17.7 Å². The molecule has 142 valence electrons. The van der Waals surface area contributed by atoms with Gasteiger partial charge in [-0.05, 0) is 17.7 Å². The van der Waals surface area contributed by atoms with Crippen molar-refractivity contribution in [3.63, 3.8) is 0 Å². The molecule has 3 aromatic rings. The van der Waals surface area contributed by atoms with E-state index in [-0.39, 0.29) is 24.2 Å². The third kappa shape index (κ3) is 4.26. The minimum absolute atomic E-state index is 0.0256. The fraction of sp³-hybridized carbons (Fsp3) is 0.238. The van der Waals surface area contributed by atoms with E-state index in [1.807, 2.05) is 47.8 Å². The van der Waals surface area contributed by atoms with Crippen LogP contribution in [0, 0.1) is 5.92 Å². The Bertz CT molecular complexity index is 959. The molecule has 1 atom stereocenters. The Labute approximate surface area is 167 Å². The van der Waals surface area contributed by atoms with E-state index in [1.165, 1.54) is 11.3 Å². The van der Waals surface area contributed by atoms with Crippen molar-refractivity contribution in [2.75, 3.05) is 6.54 Å². The van der Waals surface area contributed by atoms with Gasteiger partial charge in [0.2, 0.25) is 11.8 Å². The van der Waals surface area contributed by atoms with E-state index in [9.17, 15) is 9.59 Å². The van der Waals surface area contributed by atoms with Crippen molar-refractivity contribution >= 4 is 23.2 Å². The number of benzene rings is 1. The molecule has 1 aliphatic heterocycles. The van der Waals surface area contributed by atoms with Crippen molar-refractivity contribution in [2.45, 2.75) is 19.5 Å². The lowest BCUT2D eigenvalue weighted by Gasteiger charge is -2.16. The van der Waals surface area contributed by atoms with Crippen molar-refractivity contribution in [3.05, 3.63) is 71.5 Å². The molecule has 1 N–H and O–H groups in total. The third-order valence-corrected chi connectivity index (χ3v) is 5.66. The Morgan fingerprint density at radius 2 is 1.96 bits per heavy atom. The first-order valence-electron chi connectivity index (χ1n) is 9.13. The molecule has 4 rings (SSSR count). The summed E-state index contributed by atoms with van der Waals surface area (Å²) in [5, 5.41) is 5.77. The SMILES string of the molecule is O=C(NCc1csc(-c2ccncc2)n1)C1CC(=O)N(Cc2ccccc2)C1. The highest BCUT2D eigenvalue weighted by Gasteiger charge is 2.34. The maximum atomic E-state index is 12.5. The normalized spacial score (nSPS) is 16.4. The van der Waals surface area contributed by atoms with Crippen LogP contribution in [0.25, 0.3) is 10.6 Å². The molecule has 1 aromatic carbocycles. The first kappa shape index (κ1) is 18.3. The molecule has 3 heterocycles. The number of carbonyl (C=O) groups is 2. The van der Waals surface area contributed by atoms with Gasteiger partial charge >= 0.3 is 0 Å². The summed E-state index contributed by atoms with van der Waals surface area (Å²) < 4.78 is 0. The molecule has 0 saturated carbocycles. The van der Waals surface area contributed by atoms with E-state index in [2.05, 4.69) is 15.3 Å².